The van der Waals surface area contributed by atoms with Gasteiger partial charge in [0.2, 0.25) is 0 Å². The molecule has 0 spiro atoms. The second-order valence-corrected chi connectivity index (χ2v) is 11.0. The van der Waals surface area contributed by atoms with Gasteiger partial charge in [0.15, 0.2) is 0 Å². The standard InChI is InChI=1S/C34H44N6O/c1-6-17-39(18-7-2)22-29-10-14-31(15-11-29)37-34(41)30-12-8-28(9-13-30)23-40(25-33-35-16-19-38(33)5)24-32-27(4)20-26(3)21-36-32/h8-16,19-21H,6-7,17-18,22-25H2,1-5H3,(H,37,41). The summed E-state index contributed by atoms with van der Waals surface area (Å²) in [4.78, 5) is 27.0. The number of amides is 1. The van der Waals surface area contributed by atoms with E-state index in [1.807, 2.05) is 62.0 Å². The molecule has 0 fully saturated rings. The molecule has 1 N–H and O–H groups in total. The zero-order chi connectivity index (χ0) is 29.2. The molecule has 0 aliphatic carbocycles. The Morgan fingerprint density at radius 1 is 0.829 bits per heavy atom. The molecule has 0 atom stereocenters. The van der Waals surface area contributed by atoms with Gasteiger partial charge in [0.25, 0.3) is 5.91 Å². The first-order valence-electron chi connectivity index (χ1n) is 14.7. The fraction of sp³-hybridized carbons (Fsp3) is 0.382. The van der Waals surface area contributed by atoms with Crippen LogP contribution >= 0.6 is 0 Å². The number of aromatic nitrogens is 3. The van der Waals surface area contributed by atoms with Crippen LogP contribution in [0, 0.1) is 13.8 Å². The molecule has 41 heavy (non-hydrogen) atoms. The van der Waals surface area contributed by atoms with E-state index in [0.29, 0.717) is 18.7 Å². The van der Waals surface area contributed by atoms with Gasteiger partial charge in [0, 0.05) is 56.5 Å². The number of rotatable bonds is 14. The number of hydrogen-bond acceptors (Lipinski definition) is 5. The van der Waals surface area contributed by atoms with Crippen molar-refractivity contribution in [2.45, 2.75) is 66.7 Å². The minimum atomic E-state index is -0.104. The Labute approximate surface area is 245 Å². The van der Waals surface area contributed by atoms with Crippen molar-refractivity contribution in [1.29, 1.82) is 0 Å². The fourth-order valence-electron chi connectivity index (χ4n) is 5.11. The van der Waals surface area contributed by atoms with Gasteiger partial charge in [0.05, 0.1) is 12.2 Å². The number of imidazole rings is 1. The molecule has 0 aliphatic rings. The third-order valence-electron chi connectivity index (χ3n) is 7.30. The third-order valence-corrected chi connectivity index (χ3v) is 7.30. The van der Waals surface area contributed by atoms with Crippen LogP contribution in [-0.2, 0) is 33.2 Å². The van der Waals surface area contributed by atoms with Crippen molar-refractivity contribution in [2.24, 2.45) is 7.05 Å². The quantitative estimate of drug-likeness (QED) is 0.193. The van der Waals surface area contributed by atoms with Gasteiger partial charge in [-0.15, -0.1) is 0 Å². The molecule has 0 saturated heterocycles. The van der Waals surface area contributed by atoms with E-state index in [1.165, 1.54) is 11.1 Å². The maximum Gasteiger partial charge on any atom is 0.255 e. The van der Waals surface area contributed by atoms with E-state index < -0.39 is 0 Å². The highest BCUT2D eigenvalue weighted by molar-refractivity contribution is 6.04. The molecular formula is C34H44N6O. The van der Waals surface area contributed by atoms with Gasteiger partial charge >= 0.3 is 0 Å². The second kappa shape index (κ2) is 14.7. The topological polar surface area (TPSA) is 66.3 Å². The van der Waals surface area contributed by atoms with Gasteiger partial charge in [-0.05, 0) is 86.3 Å². The van der Waals surface area contributed by atoms with Gasteiger partial charge < -0.3 is 9.88 Å². The van der Waals surface area contributed by atoms with Crippen molar-refractivity contribution in [3.63, 3.8) is 0 Å². The summed E-state index contributed by atoms with van der Waals surface area (Å²) in [5, 5.41) is 3.05. The predicted molar refractivity (Wildman–Crippen MR) is 167 cm³/mol. The molecule has 0 saturated carbocycles. The molecule has 2 aromatic heterocycles. The van der Waals surface area contributed by atoms with E-state index in [9.17, 15) is 4.79 Å². The number of pyridine rings is 1. The smallest absolute Gasteiger partial charge is 0.255 e. The number of carbonyl (C=O) groups excluding carboxylic acids is 1. The Morgan fingerprint density at radius 3 is 2.05 bits per heavy atom. The van der Waals surface area contributed by atoms with Crippen molar-refractivity contribution in [3.8, 4) is 0 Å². The van der Waals surface area contributed by atoms with Crippen molar-refractivity contribution in [2.75, 3.05) is 18.4 Å². The molecule has 4 aromatic rings. The first-order chi connectivity index (χ1) is 19.8. The number of hydrogen-bond donors (Lipinski definition) is 1. The Bertz CT molecular complexity index is 1390. The van der Waals surface area contributed by atoms with Crippen molar-refractivity contribution >= 4 is 11.6 Å². The first-order valence-corrected chi connectivity index (χ1v) is 14.7. The minimum Gasteiger partial charge on any atom is -0.337 e. The molecule has 216 valence electrons. The van der Waals surface area contributed by atoms with Crippen molar-refractivity contribution in [1.82, 2.24) is 24.3 Å². The van der Waals surface area contributed by atoms with Crippen LogP contribution in [0.2, 0.25) is 0 Å². The van der Waals surface area contributed by atoms with E-state index >= 15 is 0 Å². The molecule has 7 heteroatoms. The van der Waals surface area contributed by atoms with Crippen LogP contribution in [-0.4, -0.2) is 43.3 Å². The number of nitrogens with zero attached hydrogens (tertiary/aromatic N) is 5. The van der Waals surface area contributed by atoms with Gasteiger partial charge in [0.1, 0.15) is 5.82 Å². The largest absolute Gasteiger partial charge is 0.337 e. The average Bonchev–Trinajstić information content (AvgIpc) is 3.36. The highest BCUT2D eigenvalue weighted by atomic mass is 16.1. The summed E-state index contributed by atoms with van der Waals surface area (Å²) >= 11 is 0. The highest BCUT2D eigenvalue weighted by Gasteiger charge is 2.14. The van der Waals surface area contributed by atoms with Crippen molar-refractivity contribution < 1.29 is 4.79 Å². The Morgan fingerprint density at radius 2 is 1.46 bits per heavy atom. The highest BCUT2D eigenvalue weighted by Crippen LogP contribution is 2.18. The number of aryl methyl sites for hydroxylation is 3. The summed E-state index contributed by atoms with van der Waals surface area (Å²) in [5.74, 6) is 0.896. The summed E-state index contributed by atoms with van der Waals surface area (Å²) in [5.41, 5.74) is 7.26. The van der Waals surface area contributed by atoms with Crippen LogP contribution in [0.15, 0.2) is 73.2 Å². The summed E-state index contributed by atoms with van der Waals surface area (Å²) in [6.07, 6.45) is 8.03. The third kappa shape index (κ3) is 8.84. The molecular weight excluding hydrogens is 508 g/mol. The molecule has 0 aliphatic heterocycles. The number of nitrogens with one attached hydrogen (secondary N) is 1. The maximum atomic E-state index is 13.0. The zero-order valence-electron chi connectivity index (χ0n) is 25.2. The average molecular weight is 553 g/mol. The number of anilines is 1. The Balaban J connectivity index is 1.39. The maximum absolute atomic E-state index is 13.0. The van der Waals surface area contributed by atoms with E-state index in [-0.39, 0.29) is 5.91 Å². The summed E-state index contributed by atoms with van der Waals surface area (Å²) < 4.78 is 2.05. The van der Waals surface area contributed by atoms with Gasteiger partial charge in [-0.1, -0.05) is 44.2 Å². The summed E-state index contributed by atoms with van der Waals surface area (Å²) in [7, 11) is 2.02. The molecule has 2 heterocycles. The lowest BCUT2D eigenvalue weighted by atomic mass is 10.1. The summed E-state index contributed by atoms with van der Waals surface area (Å²) in [6, 6.07) is 18.3. The SMILES string of the molecule is CCCN(CCC)Cc1ccc(NC(=O)c2ccc(CN(Cc3ncc(C)cc3C)Cc3nccn3C)cc2)cc1. The molecule has 0 unspecified atom stereocenters. The predicted octanol–water partition coefficient (Wildman–Crippen LogP) is 6.51. The first kappa shape index (κ1) is 30.2. The number of benzene rings is 2. The molecule has 4 rings (SSSR count). The second-order valence-electron chi connectivity index (χ2n) is 11.0. The molecule has 1 amide bonds. The lowest BCUT2D eigenvalue weighted by Crippen LogP contribution is -2.25. The Hall–Kier alpha value is -3.81. The van der Waals surface area contributed by atoms with E-state index in [0.717, 1.165) is 67.4 Å². The van der Waals surface area contributed by atoms with Gasteiger partial charge in [-0.3, -0.25) is 19.6 Å². The van der Waals surface area contributed by atoms with Gasteiger partial charge in [-0.2, -0.15) is 0 Å². The van der Waals surface area contributed by atoms with E-state index in [4.69, 9.17) is 4.98 Å². The monoisotopic (exact) mass is 552 g/mol. The summed E-state index contributed by atoms with van der Waals surface area (Å²) in [6.45, 7) is 13.9. The van der Waals surface area contributed by atoms with E-state index in [1.54, 1.807) is 0 Å². The van der Waals surface area contributed by atoms with Crippen LogP contribution in [0.1, 0.15) is 70.8 Å². The lowest BCUT2D eigenvalue weighted by molar-refractivity contribution is 0.102. The minimum absolute atomic E-state index is 0.104. The van der Waals surface area contributed by atoms with Gasteiger partial charge in [-0.25, -0.2) is 4.98 Å². The molecule has 0 radical (unpaired) electrons. The lowest BCUT2D eigenvalue weighted by Gasteiger charge is -2.23. The van der Waals surface area contributed by atoms with Crippen molar-refractivity contribution in [3.05, 3.63) is 113 Å². The normalized spacial score (nSPS) is 11.4. The molecule has 0 bridgehead atoms. The van der Waals surface area contributed by atoms with Crippen LogP contribution in [0.3, 0.4) is 0 Å². The number of carbonyl (C=O) groups is 1. The van der Waals surface area contributed by atoms with Crippen LogP contribution < -0.4 is 5.32 Å². The molecule has 7 nitrogen and oxygen atoms in total. The van der Waals surface area contributed by atoms with Crippen LogP contribution in [0.5, 0.6) is 0 Å². The fourth-order valence-corrected chi connectivity index (χ4v) is 5.11. The molecule has 2 aromatic carbocycles. The van der Waals surface area contributed by atoms with Crippen LogP contribution in [0.4, 0.5) is 5.69 Å². The van der Waals surface area contributed by atoms with E-state index in [2.05, 4.69) is 70.6 Å². The Kier molecular flexibility index (Phi) is 10.8. The van der Waals surface area contributed by atoms with Crippen LogP contribution in [0.25, 0.3) is 0 Å². The zero-order valence-corrected chi connectivity index (χ0v) is 25.2.